The minimum absolute atomic E-state index is 0.539. The molecule has 1 fully saturated rings. The number of pyridine rings is 1. The van der Waals surface area contributed by atoms with Crippen LogP contribution in [0.15, 0.2) is 29.4 Å². The maximum absolute atomic E-state index is 6.16. The summed E-state index contributed by atoms with van der Waals surface area (Å²) in [4.78, 5) is 14.1. The molecule has 0 bridgehead atoms. The van der Waals surface area contributed by atoms with Gasteiger partial charge in [0.1, 0.15) is 11.0 Å². The van der Waals surface area contributed by atoms with E-state index in [2.05, 4.69) is 38.5 Å². The lowest BCUT2D eigenvalue weighted by Gasteiger charge is -2.34. The van der Waals surface area contributed by atoms with Gasteiger partial charge in [0.05, 0.1) is 18.1 Å². The molecule has 0 radical (unpaired) electrons. The van der Waals surface area contributed by atoms with Crippen LogP contribution in [0.25, 0.3) is 0 Å². The Morgan fingerprint density at radius 3 is 2.59 bits per heavy atom. The summed E-state index contributed by atoms with van der Waals surface area (Å²) in [6, 6.07) is 5.94. The average molecular weight is 438 g/mol. The van der Waals surface area contributed by atoms with Crippen molar-refractivity contribution in [1.29, 1.82) is 0 Å². The molecule has 0 atom stereocenters. The van der Waals surface area contributed by atoms with Gasteiger partial charge < -0.3 is 25.0 Å². The smallest absolute Gasteiger partial charge is 0.191 e. The van der Waals surface area contributed by atoms with Gasteiger partial charge in [-0.1, -0.05) is 29.3 Å². The molecule has 0 amide bonds. The van der Waals surface area contributed by atoms with Crippen molar-refractivity contribution in [3.63, 3.8) is 0 Å². The molecule has 2 N–H and O–H groups in total. The first-order valence-corrected chi connectivity index (χ1v) is 10.6. The zero-order valence-electron chi connectivity index (χ0n) is 17.3. The van der Waals surface area contributed by atoms with Crippen LogP contribution in [0.5, 0.6) is 0 Å². The van der Waals surface area contributed by atoms with Gasteiger partial charge in [-0.3, -0.25) is 0 Å². The Labute approximate surface area is 182 Å². The number of nitrogens with one attached hydrogen (secondary N) is 2. The Balaban J connectivity index is 1.69. The molecule has 158 valence electrons. The van der Waals surface area contributed by atoms with Gasteiger partial charge in [0, 0.05) is 57.2 Å². The van der Waals surface area contributed by atoms with Gasteiger partial charge in [-0.15, -0.1) is 0 Å². The minimum Gasteiger partial charge on any atom is -0.357 e. The van der Waals surface area contributed by atoms with E-state index in [9.17, 15) is 0 Å². The van der Waals surface area contributed by atoms with Crippen LogP contribution in [0, 0.1) is 0 Å². The van der Waals surface area contributed by atoms with Crippen molar-refractivity contribution in [2.45, 2.75) is 20.0 Å². The number of halogens is 2. The summed E-state index contributed by atoms with van der Waals surface area (Å²) in [5, 5.41) is 7.74. The van der Waals surface area contributed by atoms with Crippen molar-refractivity contribution in [3.05, 3.63) is 45.8 Å². The Morgan fingerprint density at radius 2 is 1.93 bits per heavy atom. The number of nitrogens with zero attached hydrogens (tertiary/aromatic N) is 5. The molecule has 0 aromatic carbocycles. The molecule has 0 saturated carbocycles. The molecular weight excluding hydrogens is 409 g/mol. The molecule has 0 aliphatic carbocycles. The number of hydrogen-bond acceptors (Lipinski definition) is 4. The lowest BCUT2D eigenvalue weighted by molar-refractivity contribution is 0.312. The molecular formula is C20H29Cl2N7. The lowest BCUT2D eigenvalue weighted by Crippen LogP contribution is -2.45. The summed E-state index contributed by atoms with van der Waals surface area (Å²) in [6.07, 6.45) is 1.85. The molecule has 0 spiro atoms. The van der Waals surface area contributed by atoms with Crippen LogP contribution in [-0.4, -0.2) is 60.2 Å². The van der Waals surface area contributed by atoms with Gasteiger partial charge in [0.15, 0.2) is 5.96 Å². The predicted octanol–water partition coefficient (Wildman–Crippen LogP) is 2.73. The molecule has 2 aromatic rings. The minimum atomic E-state index is 0.539. The fourth-order valence-corrected chi connectivity index (χ4v) is 3.71. The van der Waals surface area contributed by atoms with Crippen molar-refractivity contribution in [3.8, 4) is 0 Å². The van der Waals surface area contributed by atoms with E-state index in [4.69, 9.17) is 28.2 Å². The lowest BCUT2D eigenvalue weighted by atomic mass is 10.2. The van der Waals surface area contributed by atoms with E-state index in [-0.39, 0.29) is 0 Å². The highest BCUT2D eigenvalue weighted by Crippen LogP contribution is 2.25. The van der Waals surface area contributed by atoms with Gasteiger partial charge in [-0.25, -0.2) is 9.98 Å². The summed E-state index contributed by atoms with van der Waals surface area (Å²) in [5.74, 6) is 1.77. The molecule has 0 unspecified atom stereocenters. The normalized spacial score (nSPS) is 15.6. The number of aliphatic imine (C=N–C) groups is 1. The van der Waals surface area contributed by atoms with Gasteiger partial charge in [0.25, 0.3) is 0 Å². The Hall–Kier alpha value is -1.96. The number of piperazine rings is 1. The van der Waals surface area contributed by atoms with Gasteiger partial charge in [-0.2, -0.15) is 0 Å². The van der Waals surface area contributed by atoms with Gasteiger partial charge in [-0.05, 0) is 26.1 Å². The maximum Gasteiger partial charge on any atom is 0.191 e. The van der Waals surface area contributed by atoms with E-state index < -0.39 is 0 Å². The molecule has 1 aliphatic rings. The molecule has 3 heterocycles. The molecule has 29 heavy (non-hydrogen) atoms. The van der Waals surface area contributed by atoms with Crippen LogP contribution in [0.2, 0.25) is 10.2 Å². The SMILES string of the molecule is CCNC(=NCc1cccnc1N1CCN(C)CC1)NCc1cc(Cl)c(Cl)n1C. The predicted molar refractivity (Wildman–Crippen MR) is 121 cm³/mol. The van der Waals surface area contributed by atoms with Crippen LogP contribution in [0.3, 0.4) is 0 Å². The van der Waals surface area contributed by atoms with Crippen molar-refractivity contribution < 1.29 is 0 Å². The van der Waals surface area contributed by atoms with E-state index in [1.807, 2.05) is 36.9 Å². The van der Waals surface area contributed by atoms with Crippen molar-refractivity contribution in [2.24, 2.45) is 12.0 Å². The highest BCUT2D eigenvalue weighted by atomic mass is 35.5. The molecule has 7 nitrogen and oxygen atoms in total. The number of guanidine groups is 1. The van der Waals surface area contributed by atoms with E-state index in [1.165, 1.54) is 0 Å². The fourth-order valence-electron chi connectivity index (χ4n) is 3.30. The molecule has 1 aliphatic heterocycles. The molecule has 2 aromatic heterocycles. The van der Waals surface area contributed by atoms with Crippen molar-refractivity contribution in [2.75, 3.05) is 44.7 Å². The molecule has 1 saturated heterocycles. The fraction of sp³-hybridized carbons (Fsp3) is 0.500. The third-order valence-electron chi connectivity index (χ3n) is 5.07. The molecule has 3 rings (SSSR count). The van der Waals surface area contributed by atoms with Crippen molar-refractivity contribution >= 4 is 35.0 Å². The zero-order valence-corrected chi connectivity index (χ0v) is 18.8. The first-order chi connectivity index (χ1) is 14.0. The number of anilines is 1. The third kappa shape index (κ3) is 5.56. The standard InChI is InChI=1S/C20H29Cl2N7/c1-4-23-20(26-14-16-12-17(21)18(22)28(16)3)25-13-15-6-5-7-24-19(15)29-10-8-27(2)9-11-29/h5-7,12H,4,8-11,13-14H2,1-3H3,(H2,23,25,26). The quantitative estimate of drug-likeness (QED) is 0.537. The second kappa shape index (κ2) is 10.2. The van der Waals surface area contributed by atoms with Gasteiger partial charge in [0.2, 0.25) is 0 Å². The highest BCUT2D eigenvalue weighted by Gasteiger charge is 2.18. The summed E-state index contributed by atoms with van der Waals surface area (Å²) < 4.78 is 1.87. The summed E-state index contributed by atoms with van der Waals surface area (Å²) in [5.41, 5.74) is 2.12. The number of likely N-dealkylation sites (N-methyl/N-ethyl adjacent to an activating group) is 1. The Morgan fingerprint density at radius 1 is 1.17 bits per heavy atom. The van der Waals surface area contributed by atoms with Crippen LogP contribution in [0.4, 0.5) is 5.82 Å². The first kappa shape index (κ1) is 21.7. The van der Waals surface area contributed by atoms with E-state index in [1.54, 1.807) is 0 Å². The Kier molecular flexibility index (Phi) is 7.64. The van der Waals surface area contributed by atoms with Gasteiger partial charge >= 0.3 is 0 Å². The number of aromatic nitrogens is 2. The second-order valence-electron chi connectivity index (χ2n) is 7.16. The van der Waals surface area contributed by atoms with E-state index >= 15 is 0 Å². The largest absolute Gasteiger partial charge is 0.357 e. The topological polar surface area (TPSA) is 60.7 Å². The monoisotopic (exact) mass is 437 g/mol. The summed E-state index contributed by atoms with van der Waals surface area (Å²) in [7, 11) is 4.05. The van der Waals surface area contributed by atoms with Crippen LogP contribution in [-0.2, 0) is 20.1 Å². The molecule has 9 heteroatoms. The third-order valence-corrected chi connectivity index (χ3v) is 5.92. The van der Waals surface area contributed by atoms with E-state index in [0.717, 1.165) is 55.8 Å². The Bertz CT molecular complexity index is 841. The summed E-state index contributed by atoms with van der Waals surface area (Å²) in [6.45, 7) is 8.02. The number of rotatable bonds is 6. The number of hydrogen-bond donors (Lipinski definition) is 2. The van der Waals surface area contributed by atoms with Crippen molar-refractivity contribution in [1.82, 2.24) is 25.1 Å². The first-order valence-electron chi connectivity index (χ1n) is 9.88. The average Bonchev–Trinajstić information content (AvgIpc) is 2.97. The van der Waals surface area contributed by atoms with Crippen LogP contribution in [0.1, 0.15) is 18.2 Å². The van der Waals surface area contributed by atoms with Crippen LogP contribution >= 0.6 is 23.2 Å². The van der Waals surface area contributed by atoms with E-state index in [0.29, 0.717) is 23.3 Å². The summed E-state index contributed by atoms with van der Waals surface area (Å²) >= 11 is 12.3. The second-order valence-corrected chi connectivity index (χ2v) is 7.92. The zero-order chi connectivity index (χ0) is 20.8. The van der Waals surface area contributed by atoms with Crippen LogP contribution < -0.4 is 15.5 Å². The highest BCUT2D eigenvalue weighted by molar-refractivity contribution is 6.41. The maximum atomic E-state index is 6.16.